The lowest BCUT2D eigenvalue weighted by atomic mass is 10.2. The summed E-state index contributed by atoms with van der Waals surface area (Å²) in [5.41, 5.74) is 1.47. The van der Waals surface area contributed by atoms with Crippen molar-refractivity contribution in [1.82, 2.24) is 9.62 Å². The zero-order chi connectivity index (χ0) is 23.0. The molecule has 168 valence electrons. The molecule has 0 saturated heterocycles. The fourth-order valence-corrected chi connectivity index (χ4v) is 4.70. The van der Waals surface area contributed by atoms with E-state index in [1.54, 1.807) is 56.3 Å². The third-order valence-corrected chi connectivity index (χ3v) is 6.96. The highest BCUT2D eigenvalue weighted by molar-refractivity contribution is 7.89. The van der Waals surface area contributed by atoms with E-state index in [0.29, 0.717) is 35.2 Å². The lowest BCUT2D eigenvalue weighted by Crippen LogP contribution is -2.30. The van der Waals surface area contributed by atoms with Gasteiger partial charge in [-0.25, -0.2) is 8.42 Å². The lowest BCUT2D eigenvalue weighted by Gasteiger charge is -2.18. The molecular weight excluding hydrogens is 440 g/mol. The summed E-state index contributed by atoms with van der Waals surface area (Å²) in [6.45, 7) is 4.69. The minimum Gasteiger partial charge on any atom is -0.493 e. The maximum absolute atomic E-state index is 12.5. The van der Waals surface area contributed by atoms with E-state index in [4.69, 9.17) is 21.1 Å². The first kappa shape index (κ1) is 24.7. The molecule has 31 heavy (non-hydrogen) atoms. The molecule has 0 aliphatic heterocycles. The van der Waals surface area contributed by atoms with Crippen LogP contribution in [-0.2, 0) is 21.4 Å². The van der Waals surface area contributed by atoms with Crippen molar-refractivity contribution in [1.29, 1.82) is 0 Å². The Morgan fingerprint density at radius 1 is 1.10 bits per heavy atom. The first-order valence-corrected chi connectivity index (χ1v) is 11.5. The summed E-state index contributed by atoms with van der Waals surface area (Å²) in [7, 11) is -0.493. The van der Waals surface area contributed by atoms with Gasteiger partial charge >= 0.3 is 0 Å². The van der Waals surface area contributed by atoms with Crippen molar-refractivity contribution in [2.24, 2.45) is 0 Å². The summed E-state index contributed by atoms with van der Waals surface area (Å²) >= 11 is 6.17. The van der Waals surface area contributed by atoms with E-state index in [1.807, 2.05) is 0 Å². The Balaban J connectivity index is 2.01. The van der Waals surface area contributed by atoms with Crippen molar-refractivity contribution in [3.8, 4) is 11.5 Å². The molecule has 0 aliphatic rings. The van der Waals surface area contributed by atoms with Gasteiger partial charge in [0.05, 0.1) is 24.1 Å². The standard InChI is InChI=1S/C22H27ClN2O5S/c1-5-25(6-2)31(27,28)18-10-7-16(8-11-18)15-24-21(26)12-9-17-13-19(23)22(30-4)20(14-17)29-3/h7-14H,5-6,15H2,1-4H3,(H,24,26)/b12-9+. The molecule has 0 saturated carbocycles. The predicted molar refractivity (Wildman–Crippen MR) is 122 cm³/mol. The van der Waals surface area contributed by atoms with E-state index in [2.05, 4.69) is 5.32 Å². The van der Waals surface area contributed by atoms with Crippen molar-refractivity contribution in [2.75, 3.05) is 27.3 Å². The molecule has 0 bridgehead atoms. The van der Waals surface area contributed by atoms with Gasteiger partial charge in [-0.3, -0.25) is 4.79 Å². The van der Waals surface area contributed by atoms with Crippen LogP contribution in [0.3, 0.4) is 0 Å². The van der Waals surface area contributed by atoms with Crippen LogP contribution in [0.5, 0.6) is 11.5 Å². The smallest absolute Gasteiger partial charge is 0.244 e. The maximum atomic E-state index is 12.5. The molecular formula is C22H27ClN2O5S. The molecule has 0 aromatic heterocycles. The summed E-state index contributed by atoms with van der Waals surface area (Å²) in [6, 6.07) is 9.86. The summed E-state index contributed by atoms with van der Waals surface area (Å²) in [5.74, 6) is 0.595. The fraction of sp³-hybridized carbons (Fsp3) is 0.318. The predicted octanol–water partition coefficient (Wildman–Crippen LogP) is 3.72. The van der Waals surface area contributed by atoms with Crippen LogP contribution >= 0.6 is 11.6 Å². The van der Waals surface area contributed by atoms with Crippen LogP contribution in [0.25, 0.3) is 6.08 Å². The van der Waals surface area contributed by atoms with Crippen molar-refractivity contribution < 1.29 is 22.7 Å². The third kappa shape index (κ3) is 6.22. The third-order valence-electron chi connectivity index (χ3n) is 4.62. The summed E-state index contributed by atoms with van der Waals surface area (Å²) < 4.78 is 36.9. The number of nitrogens with zero attached hydrogens (tertiary/aromatic N) is 1. The van der Waals surface area contributed by atoms with Gasteiger partial charge < -0.3 is 14.8 Å². The molecule has 1 amide bonds. The van der Waals surface area contributed by atoms with Gasteiger partial charge in [-0.2, -0.15) is 4.31 Å². The normalized spacial score (nSPS) is 11.7. The number of ether oxygens (including phenoxy) is 2. The molecule has 2 rings (SSSR count). The zero-order valence-electron chi connectivity index (χ0n) is 18.0. The van der Waals surface area contributed by atoms with Crippen LogP contribution in [0, 0.1) is 0 Å². The van der Waals surface area contributed by atoms with Crippen LogP contribution in [0.15, 0.2) is 47.4 Å². The number of halogens is 1. The molecule has 1 N–H and O–H groups in total. The molecule has 2 aromatic rings. The van der Waals surface area contributed by atoms with Crippen LogP contribution in [0.1, 0.15) is 25.0 Å². The lowest BCUT2D eigenvalue weighted by molar-refractivity contribution is -0.116. The Morgan fingerprint density at radius 2 is 1.74 bits per heavy atom. The average Bonchev–Trinajstić information content (AvgIpc) is 2.76. The molecule has 0 aliphatic carbocycles. The minimum atomic E-state index is -3.50. The van der Waals surface area contributed by atoms with Gasteiger partial charge in [-0.15, -0.1) is 0 Å². The number of methoxy groups -OCH3 is 2. The van der Waals surface area contributed by atoms with Crippen molar-refractivity contribution in [2.45, 2.75) is 25.3 Å². The quantitative estimate of drug-likeness (QED) is 0.539. The molecule has 0 radical (unpaired) electrons. The SMILES string of the molecule is CCN(CC)S(=O)(=O)c1ccc(CNC(=O)/C=C/c2cc(Cl)c(OC)c(OC)c2)cc1. The highest BCUT2D eigenvalue weighted by Crippen LogP contribution is 2.36. The molecule has 0 spiro atoms. The minimum absolute atomic E-state index is 0.233. The first-order chi connectivity index (χ1) is 14.8. The van der Waals surface area contributed by atoms with Gasteiger partial charge in [0.2, 0.25) is 15.9 Å². The van der Waals surface area contributed by atoms with Gasteiger partial charge in [0.1, 0.15) is 0 Å². The second-order valence-electron chi connectivity index (χ2n) is 6.52. The second kappa shape index (κ2) is 11.2. The summed E-state index contributed by atoms with van der Waals surface area (Å²) in [5, 5.41) is 3.14. The molecule has 7 nitrogen and oxygen atoms in total. The second-order valence-corrected chi connectivity index (χ2v) is 8.87. The summed E-state index contributed by atoms with van der Waals surface area (Å²) in [6.07, 6.45) is 3.00. The van der Waals surface area contributed by atoms with Gasteiger partial charge in [0, 0.05) is 25.7 Å². The van der Waals surface area contributed by atoms with Crippen LogP contribution < -0.4 is 14.8 Å². The van der Waals surface area contributed by atoms with Gasteiger partial charge in [-0.1, -0.05) is 37.6 Å². The number of carbonyl (C=O) groups is 1. The first-order valence-electron chi connectivity index (χ1n) is 9.73. The zero-order valence-corrected chi connectivity index (χ0v) is 19.6. The topological polar surface area (TPSA) is 84.9 Å². The van der Waals surface area contributed by atoms with Gasteiger partial charge in [0.15, 0.2) is 11.5 Å². The van der Waals surface area contributed by atoms with Crippen LogP contribution in [-0.4, -0.2) is 45.9 Å². The highest BCUT2D eigenvalue weighted by atomic mass is 35.5. The van der Waals surface area contributed by atoms with Crippen molar-refractivity contribution in [3.63, 3.8) is 0 Å². The number of nitrogens with one attached hydrogen (secondary N) is 1. The van der Waals surface area contributed by atoms with Crippen LogP contribution in [0.4, 0.5) is 0 Å². The van der Waals surface area contributed by atoms with E-state index in [9.17, 15) is 13.2 Å². The van der Waals surface area contributed by atoms with E-state index >= 15 is 0 Å². The number of amides is 1. The van der Waals surface area contributed by atoms with E-state index in [1.165, 1.54) is 24.6 Å². The largest absolute Gasteiger partial charge is 0.493 e. The van der Waals surface area contributed by atoms with E-state index in [-0.39, 0.29) is 17.3 Å². The van der Waals surface area contributed by atoms with Crippen molar-refractivity contribution in [3.05, 3.63) is 58.6 Å². The molecule has 2 aromatic carbocycles. The Hall–Kier alpha value is -2.55. The number of hydrogen-bond donors (Lipinski definition) is 1. The molecule has 9 heteroatoms. The Morgan fingerprint density at radius 3 is 2.29 bits per heavy atom. The monoisotopic (exact) mass is 466 g/mol. The number of carbonyl (C=O) groups excluding carboxylic acids is 1. The number of rotatable bonds is 10. The number of sulfonamides is 1. The fourth-order valence-electron chi connectivity index (χ4n) is 2.95. The van der Waals surface area contributed by atoms with Crippen LogP contribution in [0.2, 0.25) is 5.02 Å². The highest BCUT2D eigenvalue weighted by Gasteiger charge is 2.21. The summed E-state index contributed by atoms with van der Waals surface area (Å²) in [4.78, 5) is 12.4. The maximum Gasteiger partial charge on any atom is 0.244 e. The Kier molecular flexibility index (Phi) is 8.91. The number of benzene rings is 2. The van der Waals surface area contributed by atoms with Crippen molar-refractivity contribution >= 4 is 33.6 Å². The Labute approximate surface area is 188 Å². The molecule has 0 unspecified atom stereocenters. The van der Waals surface area contributed by atoms with Gasteiger partial charge in [-0.05, 0) is 41.5 Å². The van der Waals surface area contributed by atoms with E-state index < -0.39 is 10.0 Å². The molecule has 0 fully saturated rings. The average molecular weight is 467 g/mol. The Bertz CT molecular complexity index is 1030. The van der Waals surface area contributed by atoms with Gasteiger partial charge in [0.25, 0.3) is 0 Å². The van der Waals surface area contributed by atoms with E-state index in [0.717, 1.165) is 5.56 Å². The number of hydrogen-bond acceptors (Lipinski definition) is 5. The molecule has 0 heterocycles. The molecule has 0 atom stereocenters.